The molecule has 0 aromatic heterocycles. The Balaban J connectivity index is 0. The summed E-state index contributed by atoms with van der Waals surface area (Å²) >= 11 is 0. The highest BCUT2D eigenvalue weighted by atomic mass is 35.5. The molecule has 1 N–H and O–H groups in total. The topological polar surface area (TPSA) is 50.8 Å². The normalized spacial score (nSPS) is 15.8. The molecule has 0 radical (unpaired) electrons. The van der Waals surface area contributed by atoms with Crippen LogP contribution in [0.5, 0.6) is 0 Å². The van der Waals surface area contributed by atoms with Crippen LogP contribution in [0.3, 0.4) is 0 Å². The second-order valence-corrected chi connectivity index (χ2v) is 3.22. The Morgan fingerprint density at radius 2 is 1.94 bits per heavy atom. The van der Waals surface area contributed by atoms with Crippen molar-refractivity contribution in [1.29, 1.82) is 0 Å². The van der Waals surface area contributed by atoms with Crippen LogP contribution >= 0.6 is 24.8 Å². The molecule has 0 unspecified atom stereocenters. The lowest BCUT2D eigenvalue weighted by Gasteiger charge is -2.26. The summed E-state index contributed by atoms with van der Waals surface area (Å²) in [6.45, 7) is 5.73. The number of halogens is 2. The molecular formula is C9H20Cl2N2O3. The van der Waals surface area contributed by atoms with E-state index in [0.717, 1.165) is 32.7 Å². The highest BCUT2D eigenvalue weighted by molar-refractivity contribution is 5.85. The molecule has 1 saturated heterocycles. The van der Waals surface area contributed by atoms with E-state index in [-0.39, 0.29) is 37.4 Å². The van der Waals surface area contributed by atoms with Gasteiger partial charge in [0.1, 0.15) is 6.61 Å². The van der Waals surface area contributed by atoms with Gasteiger partial charge in [-0.3, -0.25) is 4.90 Å². The van der Waals surface area contributed by atoms with Gasteiger partial charge in [0, 0.05) is 32.7 Å². The number of rotatable bonds is 5. The van der Waals surface area contributed by atoms with Crippen molar-refractivity contribution in [3.05, 3.63) is 0 Å². The number of carbonyl (C=O) groups excluding carboxylic acids is 1. The van der Waals surface area contributed by atoms with Gasteiger partial charge in [0.2, 0.25) is 0 Å². The number of esters is 1. The van der Waals surface area contributed by atoms with Gasteiger partial charge in [-0.1, -0.05) is 0 Å². The van der Waals surface area contributed by atoms with Crippen LogP contribution in [-0.2, 0) is 14.3 Å². The first kappa shape index (κ1) is 18.3. The van der Waals surface area contributed by atoms with E-state index in [1.54, 1.807) is 0 Å². The van der Waals surface area contributed by atoms with Crippen molar-refractivity contribution in [3.8, 4) is 0 Å². The third kappa shape index (κ3) is 8.13. The molecule has 0 amide bonds. The van der Waals surface area contributed by atoms with Gasteiger partial charge >= 0.3 is 5.97 Å². The summed E-state index contributed by atoms with van der Waals surface area (Å²) in [5.41, 5.74) is 0. The number of hydrogen-bond acceptors (Lipinski definition) is 5. The predicted octanol–water partition coefficient (Wildman–Crippen LogP) is -0.0752. The highest BCUT2D eigenvalue weighted by Crippen LogP contribution is 1.91. The Labute approximate surface area is 109 Å². The summed E-state index contributed by atoms with van der Waals surface area (Å²) in [6.07, 6.45) is 0. The van der Waals surface area contributed by atoms with Crippen LogP contribution in [0.4, 0.5) is 0 Å². The molecule has 0 aromatic carbocycles. The molecule has 0 aromatic rings. The van der Waals surface area contributed by atoms with Crippen molar-refractivity contribution in [2.75, 3.05) is 53.0 Å². The first-order chi connectivity index (χ1) is 6.83. The van der Waals surface area contributed by atoms with E-state index >= 15 is 0 Å². The summed E-state index contributed by atoms with van der Waals surface area (Å²) < 4.78 is 9.61. The summed E-state index contributed by atoms with van der Waals surface area (Å²) in [4.78, 5) is 13.0. The van der Waals surface area contributed by atoms with Crippen molar-refractivity contribution in [2.24, 2.45) is 0 Å². The van der Waals surface area contributed by atoms with Gasteiger partial charge in [0.25, 0.3) is 0 Å². The molecule has 1 aliphatic rings. The highest BCUT2D eigenvalue weighted by Gasteiger charge is 2.08. The van der Waals surface area contributed by atoms with E-state index in [1.165, 1.54) is 7.11 Å². The smallest absolute Gasteiger partial charge is 0.331 e. The fourth-order valence-electron chi connectivity index (χ4n) is 1.34. The Morgan fingerprint density at radius 1 is 1.31 bits per heavy atom. The lowest BCUT2D eigenvalue weighted by molar-refractivity contribution is -0.146. The van der Waals surface area contributed by atoms with Crippen molar-refractivity contribution < 1.29 is 14.3 Å². The average Bonchev–Trinajstić information content (AvgIpc) is 2.25. The van der Waals surface area contributed by atoms with Crippen LogP contribution in [0, 0.1) is 0 Å². The summed E-state index contributed by atoms with van der Waals surface area (Å²) in [5, 5.41) is 3.28. The Morgan fingerprint density at radius 3 is 2.50 bits per heavy atom. The fourth-order valence-corrected chi connectivity index (χ4v) is 1.34. The van der Waals surface area contributed by atoms with Crippen LogP contribution in [0.2, 0.25) is 0 Å². The molecular weight excluding hydrogens is 255 g/mol. The fraction of sp³-hybridized carbons (Fsp3) is 0.889. The lowest BCUT2D eigenvalue weighted by atomic mass is 10.4. The van der Waals surface area contributed by atoms with Crippen LogP contribution in [-0.4, -0.2) is 63.9 Å². The van der Waals surface area contributed by atoms with Gasteiger partial charge < -0.3 is 14.8 Å². The quantitative estimate of drug-likeness (QED) is 0.562. The molecule has 1 heterocycles. The van der Waals surface area contributed by atoms with E-state index in [9.17, 15) is 4.79 Å². The number of piperazine rings is 1. The predicted molar refractivity (Wildman–Crippen MR) is 66.6 cm³/mol. The minimum Gasteiger partial charge on any atom is -0.467 e. The summed E-state index contributed by atoms with van der Waals surface area (Å²) in [6, 6.07) is 0. The molecule has 98 valence electrons. The van der Waals surface area contributed by atoms with E-state index in [1.807, 2.05) is 0 Å². The third-order valence-electron chi connectivity index (χ3n) is 2.21. The molecule has 7 heteroatoms. The van der Waals surface area contributed by atoms with Crippen LogP contribution in [0.25, 0.3) is 0 Å². The van der Waals surface area contributed by atoms with Gasteiger partial charge in [-0.15, -0.1) is 24.8 Å². The van der Waals surface area contributed by atoms with E-state index < -0.39 is 0 Å². The summed E-state index contributed by atoms with van der Waals surface area (Å²) in [5.74, 6) is -0.315. The lowest BCUT2D eigenvalue weighted by Crippen LogP contribution is -2.44. The molecule has 0 bridgehead atoms. The second kappa shape index (κ2) is 11.4. The zero-order chi connectivity index (χ0) is 10.2. The average molecular weight is 275 g/mol. The number of nitrogens with one attached hydrogen (secondary N) is 1. The molecule has 0 spiro atoms. The summed E-state index contributed by atoms with van der Waals surface area (Å²) in [7, 11) is 1.36. The molecule has 0 aliphatic carbocycles. The Bertz CT molecular complexity index is 178. The van der Waals surface area contributed by atoms with Crippen LogP contribution < -0.4 is 5.32 Å². The van der Waals surface area contributed by atoms with Crippen molar-refractivity contribution in [3.63, 3.8) is 0 Å². The first-order valence-corrected chi connectivity index (χ1v) is 4.90. The second-order valence-electron chi connectivity index (χ2n) is 3.22. The van der Waals surface area contributed by atoms with E-state index in [4.69, 9.17) is 4.74 Å². The van der Waals surface area contributed by atoms with Gasteiger partial charge in [-0.05, 0) is 0 Å². The van der Waals surface area contributed by atoms with Crippen LogP contribution in [0.15, 0.2) is 0 Å². The van der Waals surface area contributed by atoms with Crippen molar-refractivity contribution in [2.45, 2.75) is 0 Å². The van der Waals surface area contributed by atoms with E-state index in [2.05, 4.69) is 15.0 Å². The van der Waals surface area contributed by atoms with Gasteiger partial charge in [0.15, 0.2) is 0 Å². The monoisotopic (exact) mass is 274 g/mol. The minimum atomic E-state index is -0.315. The number of nitrogens with zero attached hydrogens (tertiary/aromatic N) is 1. The van der Waals surface area contributed by atoms with Gasteiger partial charge in [-0.25, -0.2) is 4.79 Å². The maximum atomic E-state index is 10.7. The molecule has 0 saturated carbocycles. The number of ether oxygens (including phenoxy) is 2. The maximum Gasteiger partial charge on any atom is 0.331 e. The van der Waals surface area contributed by atoms with E-state index in [0.29, 0.717) is 6.61 Å². The zero-order valence-corrected chi connectivity index (χ0v) is 11.1. The molecule has 0 atom stereocenters. The Hall–Kier alpha value is -0.0700. The number of carbonyl (C=O) groups is 1. The maximum absolute atomic E-state index is 10.7. The minimum absolute atomic E-state index is 0. The first-order valence-electron chi connectivity index (χ1n) is 4.90. The van der Waals surface area contributed by atoms with Gasteiger partial charge in [0.05, 0.1) is 13.7 Å². The molecule has 1 aliphatic heterocycles. The largest absolute Gasteiger partial charge is 0.467 e. The molecule has 5 nitrogen and oxygen atoms in total. The van der Waals surface area contributed by atoms with Gasteiger partial charge in [-0.2, -0.15) is 0 Å². The number of hydrogen-bond donors (Lipinski definition) is 1. The molecule has 1 fully saturated rings. The SMILES string of the molecule is COC(=O)COCCN1CCNCC1.Cl.Cl. The molecule has 16 heavy (non-hydrogen) atoms. The molecule has 1 rings (SSSR count). The van der Waals surface area contributed by atoms with Crippen molar-refractivity contribution >= 4 is 30.8 Å². The number of methoxy groups -OCH3 is 1. The third-order valence-corrected chi connectivity index (χ3v) is 2.21. The standard InChI is InChI=1S/C9H18N2O3.2ClH/c1-13-9(12)8-14-7-6-11-4-2-10-3-5-11;;/h10H,2-8H2,1H3;2*1H. The zero-order valence-electron chi connectivity index (χ0n) is 9.44. The van der Waals surface area contributed by atoms with Crippen LogP contribution in [0.1, 0.15) is 0 Å². The van der Waals surface area contributed by atoms with Crippen molar-refractivity contribution in [1.82, 2.24) is 10.2 Å². The Kier molecular flexibility index (Phi) is 13.1.